The fourth-order valence-electron chi connectivity index (χ4n) is 4.07. The summed E-state index contributed by atoms with van der Waals surface area (Å²) < 4.78 is 10.5. The molecule has 0 bridgehead atoms. The van der Waals surface area contributed by atoms with E-state index in [1.54, 1.807) is 20.2 Å². The number of fused-ring (bicyclic) bond motifs is 1. The van der Waals surface area contributed by atoms with E-state index in [9.17, 15) is 9.90 Å². The zero-order valence-electron chi connectivity index (χ0n) is 18.1. The van der Waals surface area contributed by atoms with Gasteiger partial charge in [0.25, 0.3) is 0 Å². The molecule has 1 aliphatic rings. The molecule has 166 valence electrons. The molecule has 0 radical (unpaired) electrons. The molecule has 4 aromatic rings. The second kappa shape index (κ2) is 8.31. The Morgan fingerprint density at radius 3 is 2.70 bits per heavy atom. The van der Waals surface area contributed by atoms with Crippen LogP contribution in [0.15, 0.2) is 75.0 Å². The molecule has 8 heteroatoms. The number of nitrogens with one attached hydrogen (secondary N) is 2. The van der Waals surface area contributed by atoms with Crippen LogP contribution in [0.2, 0.25) is 0 Å². The first-order valence-corrected chi connectivity index (χ1v) is 10.5. The normalized spacial score (nSPS) is 15.2. The minimum atomic E-state index is -0.619. The molecular formula is C25H22N4O4. The Morgan fingerprint density at radius 1 is 1.15 bits per heavy atom. The maximum Gasteiger partial charge on any atom is 0.348 e. The Labute approximate surface area is 189 Å². The van der Waals surface area contributed by atoms with Gasteiger partial charge in [-0.2, -0.15) is 5.10 Å². The number of para-hydroxylation sites is 2. The van der Waals surface area contributed by atoms with E-state index < -0.39 is 5.63 Å². The van der Waals surface area contributed by atoms with Gasteiger partial charge in [0.15, 0.2) is 0 Å². The van der Waals surface area contributed by atoms with Gasteiger partial charge < -0.3 is 19.6 Å². The Morgan fingerprint density at radius 2 is 1.94 bits per heavy atom. The van der Waals surface area contributed by atoms with Crippen LogP contribution in [0.5, 0.6) is 11.5 Å². The van der Waals surface area contributed by atoms with Crippen LogP contribution in [0, 0.1) is 6.92 Å². The molecule has 5 rings (SSSR count). The molecule has 3 N–H and O–H groups in total. The molecule has 0 aliphatic carbocycles. The summed E-state index contributed by atoms with van der Waals surface area (Å²) in [6, 6.07) is 16.4. The lowest BCUT2D eigenvalue weighted by Crippen LogP contribution is -2.20. The van der Waals surface area contributed by atoms with Crippen molar-refractivity contribution in [2.24, 2.45) is 4.99 Å². The monoisotopic (exact) mass is 442 g/mol. The third kappa shape index (κ3) is 3.87. The molecule has 0 saturated carbocycles. The predicted molar refractivity (Wildman–Crippen MR) is 126 cm³/mol. The highest BCUT2D eigenvalue weighted by Gasteiger charge is 2.27. The Hall–Kier alpha value is -4.33. The van der Waals surface area contributed by atoms with Crippen molar-refractivity contribution in [2.45, 2.75) is 19.4 Å². The lowest BCUT2D eigenvalue weighted by molar-refractivity contribution is 0.415. The topological polar surface area (TPSA) is 113 Å². The highest BCUT2D eigenvalue weighted by molar-refractivity contribution is 6.05. The zero-order chi connectivity index (χ0) is 22.9. The number of aryl methyl sites for hydroxylation is 1. The number of nitrogens with zero attached hydrogens (tertiary/aromatic N) is 2. The zero-order valence-corrected chi connectivity index (χ0v) is 18.1. The van der Waals surface area contributed by atoms with Crippen LogP contribution in [-0.2, 0) is 0 Å². The lowest BCUT2D eigenvalue weighted by atomic mass is 9.95. The van der Waals surface area contributed by atoms with Crippen molar-refractivity contribution in [3.05, 3.63) is 88.1 Å². The lowest BCUT2D eigenvalue weighted by Gasteiger charge is -2.19. The Bertz CT molecular complexity index is 1400. The number of aromatic nitrogens is 2. The van der Waals surface area contributed by atoms with Crippen LogP contribution in [0.4, 0.5) is 11.4 Å². The number of rotatable bonds is 4. The molecule has 2 aromatic carbocycles. The predicted octanol–water partition coefficient (Wildman–Crippen LogP) is 4.73. The molecule has 0 fully saturated rings. The van der Waals surface area contributed by atoms with Crippen molar-refractivity contribution < 1.29 is 14.3 Å². The summed E-state index contributed by atoms with van der Waals surface area (Å²) in [7, 11) is 1.63. The van der Waals surface area contributed by atoms with E-state index in [-0.39, 0.29) is 17.4 Å². The van der Waals surface area contributed by atoms with Gasteiger partial charge in [0.2, 0.25) is 0 Å². The first kappa shape index (κ1) is 20.6. The van der Waals surface area contributed by atoms with Gasteiger partial charge in [0.1, 0.15) is 22.8 Å². The average Bonchev–Trinajstić information content (AvgIpc) is 3.21. The molecule has 0 spiro atoms. The van der Waals surface area contributed by atoms with E-state index in [0.717, 1.165) is 28.3 Å². The van der Waals surface area contributed by atoms with Gasteiger partial charge in [-0.1, -0.05) is 12.1 Å². The van der Waals surface area contributed by atoms with Crippen LogP contribution in [0.1, 0.15) is 29.3 Å². The van der Waals surface area contributed by atoms with Crippen LogP contribution in [0.25, 0.3) is 11.3 Å². The molecule has 0 unspecified atom stereocenters. The summed E-state index contributed by atoms with van der Waals surface area (Å²) in [5.41, 5.74) is 4.06. The van der Waals surface area contributed by atoms with Gasteiger partial charge in [0, 0.05) is 23.6 Å². The van der Waals surface area contributed by atoms with Gasteiger partial charge in [-0.3, -0.25) is 10.1 Å². The molecule has 1 atom stereocenters. The molecule has 1 aliphatic heterocycles. The summed E-state index contributed by atoms with van der Waals surface area (Å²) in [6.45, 7) is 1.62. The maximum atomic E-state index is 12.7. The SMILES string of the molecule is COc1ccc(-c2[nH]ncc2[C@@H]2CC(c3c(O)cc(C)oc3=O)=Nc3ccccc3N2)cc1. The van der Waals surface area contributed by atoms with Gasteiger partial charge in [-0.05, 0) is 43.3 Å². The largest absolute Gasteiger partial charge is 0.507 e. The molecule has 3 heterocycles. The van der Waals surface area contributed by atoms with E-state index in [4.69, 9.17) is 14.1 Å². The highest BCUT2D eigenvalue weighted by Crippen LogP contribution is 2.38. The Kier molecular flexibility index (Phi) is 5.18. The van der Waals surface area contributed by atoms with Crippen molar-refractivity contribution in [1.82, 2.24) is 10.2 Å². The summed E-state index contributed by atoms with van der Waals surface area (Å²) in [5, 5.41) is 21.5. The molecule has 2 aromatic heterocycles. The quantitative estimate of drug-likeness (QED) is 0.421. The number of H-pyrrole nitrogens is 1. The third-order valence-electron chi connectivity index (χ3n) is 5.65. The van der Waals surface area contributed by atoms with E-state index in [1.807, 2.05) is 48.5 Å². The third-order valence-corrected chi connectivity index (χ3v) is 5.65. The molecule has 8 nitrogen and oxygen atoms in total. The maximum absolute atomic E-state index is 12.7. The standard InChI is InChI=1S/C25H22N4O4/c1-14-11-22(30)23(25(31)33-14)21-12-20(27-18-5-3-4-6-19(18)28-21)17-13-26-29-24(17)15-7-9-16(32-2)10-8-15/h3-11,13,20,27,30H,12H2,1-2H3,(H,26,29)/t20-/m0/s1. The van der Waals surface area contributed by atoms with Crippen molar-refractivity contribution in [1.29, 1.82) is 0 Å². The summed E-state index contributed by atoms with van der Waals surface area (Å²) in [4.78, 5) is 17.4. The van der Waals surface area contributed by atoms with Crippen molar-refractivity contribution in [2.75, 3.05) is 12.4 Å². The fraction of sp³-hybridized carbons (Fsp3) is 0.160. The molecular weight excluding hydrogens is 420 g/mol. The van der Waals surface area contributed by atoms with Gasteiger partial charge in [-0.25, -0.2) is 4.79 Å². The Balaban J connectivity index is 1.62. The number of aromatic amines is 1. The second-order valence-electron chi connectivity index (χ2n) is 7.81. The number of methoxy groups -OCH3 is 1. The molecule has 0 saturated heterocycles. The minimum absolute atomic E-state index is 0.0681. The number of benzene rings is 2. The highest BCUT2D eigenvalue weighted by atomic mass is 16.5. The van der Waals surface area contributed by atoms with E-state index in [1.165, 1.54) is 6.07 Å². The number of ether oxygens (including phenoxy) is 1. The van der Waals surface area contributed by atoms with Gasteiger partial charge >= 0.3 is 5.63 Å². The first-order chi connectivity index (χ1) is 16.0. The van der Waals surface area contributed by atoms with Crippen molar-refractivity contribution in [3.63, 3.8) is 0 Å². The molecule has 0 amide bonds. The van der Waals surface area contributed by atoms with Crippen molar-refractivity contribution >= 4 is 17.1 Å². The van der Waals surface area contributed by atoms with Gasteiger partial charge in [-0.15, -0.1) is 0 Å². The number of aromatic hydroxyl groups is 1. The van der Waals surface area contributed by atoms with E-state index in [0.29, 0.717) is 23.6 Å². The number of hydrogen-bond acceptors (Lipinski definition) is 7. The summed E-state index contributed by atoms with van der Waals surface area (Å²) >= 11 is 0. The first-order valence-electron chi connectivity index (χ1n) is 10.5. The summed E-state index contributed by atoms with van der Waals surface area (Å²) in [6.07, 6.45) is 2.10. The van der Waals surface area contributed by atoms with Crippen LogP contribution in [-0.4, -0.2) is 28.1 Å². The number of hydrogen-bond donors (Lipinski definition) is 3. The number of aliphatic imine (C=N–C) groups is 1. The van der Waals surface area contributed by atoms with Gasteiger partial charge in [0.05, 0.1) is 42.1 Å². The number of anilines is 1. The fourth-order valence-corrected chi connectivity index (χ4v) is 4.07. The van der Waals surface area contributed by atoms with Crippen LogP contribution >= 0.6 is 0 Å². The van der Waals surface area contributed by atoms with Crippen molar-refractivity contribution in [3.8, 4) is 22.8 Å². The average molecular weight is 442 g/mol. The van der Waals surface area contributed by atoms with Crippen LogP contribution in [0.3, 0.4) is 0 Å². The van der Waals surface area contributed by atoms with E-state index >= 15 is 0 Å². The summed E-state index contributed by atoms with van der Waals surface area (Å²) in [5.74, 6) is 0.947. The van der Waals surface area contributed by atoms with E-state index in [2.05, 4.69) is 15.5 Å². The minimum Gasteiger partial charge on any atom is -0.507 e. The smallest absolute Gasteiger partial charge is 0.348 e. The van der Waals surface area contributed by atoms with Crippen LogP contribution < -0.4 is 15.7 Å². The molecule has 33 heavy (non-hydrogen) atoms. The second-order valence-corrected chi connectivity index (χ2v) is 7.81.